The number of hydrogen-bond acceptors (Lipinski definition) is 2. The number of alkyl halides is 2. The molecule has 1 aromatic carbocycles. The molecular weight excluding hydrogens is 285 g/mol. The highest BCUT2D eigenvalue weighted by Crippen LogP contribution is 2.37. The van der Waals surface area contributed by atoms with Crippen LogP contribution in [0.1, 0.15) is 53.5 Å². The fraction of sp³-hybridized carbons (Fsp3) is 0.647. The van der Waals surface area contributed by atoms with Gasteiger partial charge in [0.15, 0.2) is 0 Å². The summed E-state index contributed by atoms with van der Waals surface area (Å²) in [7, 11) is -0.516. The lowest BCUT2D eigenvalue weighted by Crippen LogP contribution is -2.41. The lowest BCUT2D eigenvalue weighted by Gasteiger charge is -2.32. The summed E-state index contributed by atoms with van der Waals surface area (Å²) in [6.45, 7) is 11.5. The molecule has 2 nitrogen and oxygen atoms in total. The Labute approximate surface area is 132 Å². The van der Waals surface area contributed by atoms with Crippen LogP contribution in [0.5, 0.6) is 0 Å². The maximum atomic E-state index is 14.1. The zero-order valence-corrected chi connectivity index (χ0v) is 14.2. The van der Waals surface area contributed by atoms with E-state index in [1.165, 1.54) is 12.1 Å². The van der Waals surface area contributed by atoms with Gasteiger partial charge in [-0.1, -0.05) is 38.1 Å². The monoisotopic (exact) mass is 310 g/mol. The van der Waals surface area contributed by atoms with Gasteiger partial charge < -0.3 is 9.31 Å². The highest BCUT2D eigenvalue weighted by molar-refractivity contribution is 6.62. The van der Waals surface area contributed by atoms with Crippen molar-refractivity contribution in [1.29, 1.82) is 0 Å². The van der Waals surface area contributed by atoms with E-state index in [0.29, 0.717) is 0 Å². The third-order valence-corrected chi connectivity index (χ3v) is 4.52. The van der Waals surface area contributed by atoms with Crippen molar-refractivity contribution in [2.75, 3.05) is 0 Å². The van der Waals surface area contributed by atoms with Crippen molar-refractivity contribution in [1.82, 2.24) is 0 Å². The molecule has 1 aromatic rings. The second-order valence-electron chi connectivity index (χ2n) is 7.51. The number of benzene rings is 1. The predicted octanol–water partition coefficient (Wildman–Crippen LogP) is 4.12. The van der Waals surface area contributed by atoms with Crippen LogP contribution < -0.4 is 5.46 Å². The van der Waals surface area contributed by atoms with Gasteiger partial charge in [-0.05, 0) is 39.1 Å². The molecule has 2 rings (SSSR count). The first kappa shape index (κ1) is 17.4. The fourth-order valence-corrected chi connectivity index (χ4v) is 2.49. The Balaban J connectivity index is 2.17. The topological polar surface area (TPSA) is 18.5 Å². The van der Waals surface area contributed by atoms with Crippen LogP contribution >= 0.6 is 0 Å². The molecule has 1 saturated heterocycles. The minimum atomic E-state index is -2.80. The Bertz CT molecular complexity index is 508. The van der Waals surface area contributed by atoms with Gasteiger partial charge >= 0.3 is 7.12 Å². The maximum absolute atomic E-state index is 14.1. The van der Waals surface area contributed by atoms with Gasteiger partial charge in [0.05, 0.1) is 11.2 Å². The van der Waals surface area contributed by atoms with E-state index in [2.05, 4.69) is 0 Å². The standard InChI is InChI=1S/C17H25BF2O2/c1-12(2)11-17(19,20)13-7-9-14(10-8-13)18-21-15(3,4)16(5,6)22-18/h7-10,12H,11H2,1-6H3. The van der Waals surface area contributed by atoms with Crippen LogP contribution in [-0.4, -0.2) is 18.3 Å². The minimum Gasteiger partial charge on any atom is -0.399 e. The van der Waals surface area contributed by atoms with Gasteiger partial charge in [0.25, 0.3) is 5.92 Å². The Hall–Kier alpha value is -0.935. The zero-order valence-electron chi connectivity index (χ0n) is 14.2. The number of halogens is 2. The highest BCUT2D eigenvalue weighted by Gasteiger charge is 2.51. The smallest absolute Gasteiger partial charge is 0.399 e. The van der Waals surface area contributed by atoms with Crippen molar-refractivity contribution < 1.29 is 18.1 Å². The largest absolute Gasteiger partial charge is 0.494 e. The van der Waals surface area contributed by atoms with Gasteiger partial charge in [-0.25, -0.2) is 8.78 Å². The molecule has 1 heterocycles. The first-order valence-corrected chi connectivity index (χ1v) is 7.78. The molecule has 0 aliphatic carbocycles. The van der Waals surface area contributed by atoms with E-state index in [0.717, 1.165) is 5.46 Å². The van der Waals surface area contributed by atoms with E-state index in [9.17, 15) is 8.78 Å². The molecule has 0 saturated carbocycles. The van der Waals surface area contributed by atoms with Crippen LogP contribution in [-0.2, 0) is 15.2 Å². The normalized spacial score (nSPS) is 20.7. The average Bonchev–Trinajstić information content (AvgIpc) is 2.57. The van der Waals surface area contributed by atoms with Crippen molar-refractivity contribution in [3.05, 3.63) is 29.8 Å². The summed E-state index contributed by atoms with van der Waals surface area (Å²) >= 11 is 0. The second-order valence-corrected chi connectivity index (χ2v) is 7.51. The third kappa shape index (κ3) is 3.35. The molecule has 0 N–H and O–H groups in total. The summed E-state index contributed by atoms with van der Waals surface area (Å²) in [6, 6.07) is 6.29. The van der Waals surface area contributed by atoms with Gasteiger partial charge in [0.1, 0.15) is 0 Å². The first-order valence-electron chi connectivity index (χ1n) is 7.78. The number of rotatable bonds is 4. The van der Waals surface area contributed by atoms with Gasteiger partial charge in [-0.3, -0.25) is 0 Å². The Morgan fingerprint density at radius 1 is 1.00 bits per heavy atom. The highest BCUT2D eigenvalue weighted by atomic mass is 19.3. The van der Waals surface area contributed by atoms with Crippen LogP contribution in [0.15, 0.2) is 24.3 Å². The third-order valence-electron chi connectivity index (χ3n) is 4.52. The molecule has 1 aliphatic rings. The lowest BCUT2D eigenvalue weighted by atomic mass is 9.78. The number of hydrogen-bond donors (Lipinski definition) is 0. The Kier molecular flexibility index (Phi) is 4.44. The Morgan fingerprint density at radius 3 is 1.86 bits per heavy atom. The predicted molar refractivity (Wildman–Crippen MR) is 85.5 cm³/mol. The summed E-state index contributed by atoms with van der Waals surface area (Å²) < 4.78 is 40.1. The van der Waals surface area contributed by atoms with Crippen LogP contribution in [0, 0.1) is 5.92 Å². The van der Waals surface area contributed by atoms with E-state index >= 15 is 0 Å². The van der Waals surface area contributed by atoms with Crippen LogP contribution in [0.3, 0.4) is 0 Å². The molecule has 0 radical (unpaired) electrons. The van der Waals surface area contributed by atoms with Crippen molar-refractivity contribution in [2.24, 2.45) is 5.92 Å². The molecule has 0 unspecified atom stereocenters. The molecule has 1 fully saturated rings. The van der Waals surface area contributed by atoms with Crippen LogP contribution in [0.4, 0.5) is 8.78 Å². The summed E-state index contributed by atoms with van der Waals surface area (Å²) in [6.07, 6.45) is -0.150. The van der Waals surface area contributed by atoms with Crippen molar-refractivity contribution in [3.63, 3.8) is 0 Å². The second kappa shape index (κ2) is 5.61. The fourth-order valence-electron chi connectivity index (χ4n) is 2.49. The summed E-state index contributed by atoms with van der Waals surface area (Å²) in [5, 5.41) is 0. The van der Waals surface area contributed by atoms with Crippen molar-refractivity contribution in [3.8, 4) is 0 Å². The molecular formula is C17H25BF2O2. The molecule has 0 bridgehead atoms. The van der Waals surface area contributed by atoms with E-state index in [4.69, 9.17) is 9.31 Å². The molecule has 0 spiro atoms. The molecule has 0 atom stereocenters. The lowest BCUT2D eigenvalue weighted by molar-refractivity contribution is -0.0249. The van der Waals surface area contributed by atoms with Gasteiger partial charge in [-0.2, -0.15) is 0 Å². The molecule has 0 aromatic heterocycles. The minimum absolute atomic E-state index is 0.0430. The van der Waals surface area contributed by atoms with Gasteiger partial charge in [0, 0.05) is 12.0 Å². The van der Waals surface area contributed by atoms with Crippen LogP contribution in [0.25, 0.3) is 0 Å². The summed E-state index contributed by atoms with van der Waals surface area (Å²) in [5.41, 5.74) is -0.0558. The zero-order chi connectivity index (χ0) is 16.8. The maximum Gasteiger partial charge on any atom is 0.494 e. The molecule has 1 aliphatic heterocycles. The molecule has 0 amide bonds. The SMILES string of the molecule is CC(C)CC(F)(F)c1ccc(B2OC(C)(C)C(C)(C)O2)cc1. The molecule has 122 valence electrons. The molecule has 22 heavy (non-hydrogen) atoms. The van der Waals surface area contributed by atoms with E-state index in [-0.39, 0.29) is 17.9 Å². The van der Waals surface area contributed by atoms with E-state index in [1.807, 2.05) is 27.7 Å². The van der Waals surface area contributed by atoms with Crippen LogP contribution in [0.2, 0.25) is 0 Å². The van der Waals surface area contributed by atoms with Crippen molar-refractivity contribution in [2.45, 2.75) is 65.1 Å². The van der Waals surface area contributed by atoms with Crippen molar-refractivity contribution >= 4 is 12.6 Å². The first-order chi connectivity index (χ1) is 9.95. The van der Waals surface area contributed by atoms with E-state index < -0.39 is 24.2 Å². The summed E-state index contributed by atoms with van der Waals surface area (Å²) in [5.74, 6) is -2.86. The van der Waals surface area contributed by atoms with Gasteiger partial charge in [-0.15, -0.1) is 0 Å². The van der Waals surface area contributed by atoms with Gasteiger partial charge in [0.2, 0.25) is 0 Å². The quantitative estimate of drug-likeness (QED) is 0.779. The van der Waals surface area contributed by atoms with E-state index in [1.54, 1.807) is 26.0 Å². The Morgan fingerprint density at radius 2 is 1.45 bits per heavy atom. The summed E-state index contributed by atoms with van der Waals surface area (Å²) in [4.78, 5) is 0. The molecule has 5 heteroatoms. The average molecular weight is 310 g/mol.